The van der Waals surface area contributed by atoms with Crippen molar-refractivity contribution in [3.8, 4) is 0 Å². The van der Waals surface area contributed by atoms with E-state index in [-0.39, 0.29) is 30.6 Å². The highest BCUT2D eigenvalue weighted by atomic mass is 19.1. The Hall–Kier alpha value is -2.28. The number of rotatable bonds is 2. The summed E-state index contributed by atoms with van der Waals surface area (Å²) >= 11 is 0. The topological polar surface area (TPSA) is 58.6 Å². The smallest absolute Gasteiger partial charge is 0.235 e. The van der Waals surface area contributed by atoms with Gasteiger partial charge in [0.25, 0.3) is 0 Å². The summed E-state index contributed by atoms with van der Waals surface area (Å²) in [6.07, 6.45) is -0.239. The molecule has 0 saturated carbocycles. The molecule has 1 saturated heterocycles. The Bertz CT molecular complexity index is 774. The number of nitrogens with zero attached hydrogens (tertiary/aromatic N) is 1. The fourth-order valence-electron chi connectivity index (χ4n) is 4.05. The Balaban J connectivity index is 1.60. The first-order valence-corrected chi connectivity index (χ1v) is 8.85. The van der Waals surface area contributed by atoms with Gasteiger partial charge in [-0.2, -0.15) is 0 Å². The van der Waals surface area contributed by atoms with E-state index in [1.807, 2.05) is 0 Å². The third-order valence-electron chi connectivity index (χ3n) is 5.42. The summed E-state index contributed by atoms with van der Waals surface area (Å²) in [4.78, 5) is 26.8. The zero-order chi connectivity index (χ0) is 18.3. The lowest BCUT2D eigenvalue weighted by Gasteiger charge is -2.40. The maximum Gasteiger partial charge on any atom is 0.235 e. The molecule has 7 heteroatoms. The molecule has 26 heavy (non-hydrogen) atoms. The molecule has 1 amide bonds. The van der Waals surface area contributed by atoms with Crippen LogP contribution in [0.2, 0.25) is 0 Å². The Morgan fingerprint density at radius 2 is 1.96 bits per heavy atom. The molecule has 1 aromatic rings. The van der Waals surface area contributed by atoms with E-state index >= 15 is 0 Å². The minimum absolute atomic E-state index is 0.0396. The highest BCUT2D eigenvalue weighted by Gasteiger charge is 2.44. The van der Waals surface area contributed by atoms with Crippen molar-refractivity contribution in [3.63, 3.8) is 0 Å². The molecule has 0 bridgehead atoms. The standard InChI is InChI=1S/C19H20F2N2O3/c20-12-2-1-3-13(8-12)23-10-15-14(9-16(23)21)18(24)17(19(25)22-15)11-4-6-26-7-5-11/h1-3,8,11,16-17H,4-7,9-10H2,(H,22,25)/t16-,17?/m0/s1. The van der Waals surface area contributed by atoms with Crippen LogP contribution >= 0.6 is 0 Å². The van der Waals surface area contributed by atoms with Crippen molar-refractivity contribution in [1.82, 2.24) is 5.32 Å². The summed E-state index contributed by atoms with van der Waals surface area (Å²) in [5.74, 6) is -1.87. The van der Waals surface area contributed by atoms with Gasteiger partial charge in [0, 0.05) is 36.6 Å². The highest BCUT2D eigenvalue weighted by Crippen LogP contribution is 2.36. The van der Waals surface area contributed by atoms with Crippen LogP contribution in [0.25, 0.3) is 0 Å². The van der Waals surface area contributed by atoms with E-state index in [0.29, 0.717) is 43.0 Å². The third-order valence-corrected chi connectivity index (χ3v) is 5.42. The Morgan fingerprint density at radius 3 is 2.69 bits per heavy atom. The summed E-state index contributed by atoms with van der Waals surface area (Å²) in [7, 11) is 0. The van der Waals surface area contributed by atoms with Gasteiger partial charge in [0.2, 0.25) is 5.91 Å². The highest BCUT2D eigenvalue weighted by molar-refractivity contribution is 6.13. The number of Topliss-reactive ketones (excluding diaryl/α,β-unsaturated/α-hetero) is 1. The lowest BCUT2D eigenvalue weighted by Crippen LogP contribution is -2.52. The molecule has 4 rings (SSSR count). The summed E-state index contributed by atoms with van der Waals surface area (Å²) in [5, 5.41) is 2.81. The predicted molar refractivity (Wildman–Crippen MR) is 90.5 cm³/mol. The molecule has 0 aliphatic carbocycles. The number of amides is 1. The van der Waals surface area contributed by atoms with Crippen LogP contribution in [0.3, 0.4) is 0 Å². The van der Waals surface area contributed by atoms with Gasteiger partial charge < -0.3 is 15.0 Å². The number of hydrogen-bond acceptors (Lipinski definition) is 4. The molecule has 2 atom stereocenters. The van der Waals surface area contributed by atoms with Crippen molar-refractivity contribution in [1.29, 1.82) is 0 Å². The lowest BCUT2D eigenvalue weighted by molar-refractivity contribution is -0.137. The number of ketones is 1. The van der Waals surface area contributed by atoms with Crippen LogP contribution in [0, 0.1) is 17.7 Å². The number of hydrogen-bond donors (Lipinski definition) is 1. The van der Waals surface area contributed by atoms with Gasteiger partial charge in [-0.1, -0.05) is 6.07 Å². The zero-order valence-electron chi connectivity index (χ0n) is 14.2. The van der Waals surface area contributed by atoms with E-state index < -0.39 is 18.0 Å². The fourth-order valence-corrected chi connectivity index (χ4v) is 4.05. The van der Waals surface area contributed by atoms with Crippen LogP contribution in [-0.4, -0.2) is 37.7 Å². The van der Waals surface area contributed by atoms with Gasteiger partial charge in [0.15, 0.2) is 12.1 Å². The van der Waals surface area contributed by atoms with E-state index in [2.05, 4.69) is 5.32 Å². The van der Waals surface area contributed by atoms with Crippen molar-refractivity contribution in [2.45, 2.75) is 25.6 Å². The fraction of sp³-hybridized carbons (Fsp3) is 0.474. The van der Waals surface area contributed by atoms with E-state index in [1.54, 1.807) is 6.07 Å². The van der Waals surface area contributed by atoms with E-state index in [1.165, 1.54) is 23.1 Å². The second-order valence-corrected chi connectivity index (χ2v) is 6.98. The summed E-state index contributed by atoms with van der Waals surface area (Å²) in [6, 6.07) is 5.65. The van der Waals surface area contributed by atoms with Crippen molar-refractivity contribution in [2.24, 2.45) is 11.8 Å². The van der Waals surface area contributed by atoms with Crippen LogP contribution in [0.1, 0.15) is 19.3 Å². The Kier molecular flexibility index (Phi) is 4.48. The van der Waals surface area contributed by atoms with Crippen LogP contribution in [0.5, 0.6) is 0 Å². The third kappa shape index (κ3) is 3.00. The molecule has 138 valence electrons. The van der Waals surface area contributed by atoms with E-state index in [4.69, 9.17) is 4.74 Å². The lowest BCUT2D eigenvalue weighted by atomic mass is 9.77. The molecular weight excluding hydrogens is 342 g/mol. The molecule has 3 heterocycles. The SMILES string of the molecule is O=C1NC2=C(C[C@@H](F)N(c3cccc(F)c3)C2)C(=O)C1C1CCOCC1. The minimum Gasteiger partial charge on any atom is -0.381 e. The second-order valence-electron chi connectivity index (χ2n) is 6.98. The monoisotopic (exact) mass is 362 g/mol. The quantitative estimate of drug-likeness (QED) is 0.648. The number of nitrogens with one attached hydrogen (secondary N) is 1. The molecule has 1 N–H and O–H groups in total. The average molecular weight is 362 g/mol. The molecule has 1 fully saturated rings. The van der Waals surface area contributed by atoms with Gasteiger partial charge in [-0.15, -0.1) is 0 Å². The molecule has 1 aromatic carbocycles. The zero-order valence-corrected chi connectivity index (χ0v) is 14.2. The first-order valence-electron chi connectivity index (χ1n) is 8.85. The molecular formula is C19H20F2N2O3. The Morgan fingerprint density at radius 1 is 1.19 bits per heavy atom. The number of ether oxygens (including phenoxy) is 1. The van der Waals surface area contributed by atoms with Crippen LogP contribution < -0.4 is 10.2 Å². The van der Waals surface area contributed by atoms with Gasteiger partial charge in [0.05, 0.1) is 6.54 Å². The molecule has 3 aliphatic rings. The van der Waals surface area contributed by atoms with Gasteiger partial charge >= 0.3 is 0 Å². The normalized spacial score (nSPS) is 27.4. The first kappa shape index (κ1) is 17.1. The molecule has 0 spiro atoms. The van der Waals surface area contributed by atoms with Gasteiger partial charge in [-0.05, 0) is 37.0 Å². The van der Waals surface area contributed by atoms with Crippen LogP contribution in [0.4, 0.5) is 14.5 Å². The van der Waals surface area contributed by atoms with Crippen LogP contribution in [0.15, 0.2) is 35.5 Å². The maximum atomic E-state index is 14.8. The number of alkyl halides is 1. The molecule has 5 nitrogen and oxygen atoms in total. The van der Waals surface area contributed by atoms with Crippen molar-refractivity contribution in [3.05, 3.63) is 41.4 Å². The second kappa shape index (κ2) is 6.79. The van der Waals surface area contributed by atoms with E-state index in [9.17, 15) is 18.4 Å². The number of benzene rings is 1. The minimum atomic E-state index is -1.44. The van der Waals surface area contributed by atoms with Crippen LogP contribution in [-0.2, 0) is 14.3 Å². The molecule has 1 unspecified atom stereocenters. The largest absolute Gasteiger partial charge is 0.381 e. The average Bonchev–Trinajstić information content (AvgIpc) is 2.63. The maximum absolute atomic E-state index is 14.8. The summed E-state index contributed by atoms with van der Waals surface area (Å²) < 4.78 is 33.5. The Labute approximate surface area is 150 Å². The number of carbonyl (C=O) groups excluding carboxylic acids is 2. The van der Waals surface area contributed by atoms with Crippen molar-refractivity contribution < 1.29 is 23.1 Å². The van der Waals surface area contributed by atoms with Gasteiger partial charge in [0.1, 0.15) is 11.7 Å². The molecule has 0 aromatic heterocycles. The molecule has 3 aliphatic heterocycles. The van der Waals surface area contributed by atoms with Crippen molar-refractivity contribution in [2.75, 3.05) is 24.7 Å². The van der Waals surface area contributed by atoms with E-state index in [0.717, 1.165) is 0 Å². The number of anilines is 1. The van der Waals surface area contributed by atoms with Gasteiger partial charge in [-0.3, -0.25) is 9.59 Å². The first-order chi connectivity index (χ1) is 12.5. The van der Waals surface area contributed by atoms with Gasteiger partial charge in [-0.25, -0.2) is 8.78 Å². The predicted octanol–water partition coefficient (Wildman–Crippen LogP) is 2.33. The summed E-state index contributed by atoms with van der Waals surface area (Å²) in [6.45, 7) is 1.11. The van der Waals surface area contributed by atoms with Crippen molar-refractivity contribution >= 4 is 17.4 Å². The summed E-state index contributed by atoms with van der Waals surface area (Å²) in [5.41, 5.74) is 1.18. The molecule has 0 radical (unpaired) electrons. The number of halogens is 2. The number of carbonyl (C=O) groups is 2.